The van der Waals surface area contributed by atoms with Crippen molar-refractivity contribution in [1.82, 2.24) is 5.32 Å². The molecule has 0 aliphatic carbocycles. The SMILES string of the molecule is CNCCOC.[HH]. The van der Waals surface area contributed by atoms with Gasteiger partial charge in [-0.1, -0.05) is 0 Å². The molecule has 0 heterocycles. The Morgan fingerprint density at radius 3 is 2.67 bits per heavy atom. The van der Waals surface area contributed by atoms with E-state index in [1.54, 1.807) is 7.11 Å². The van der Waals surface area contributed by atoms with Crippen LogP contribution in [0, 0.1) is 0 Å². The highest BCUT2D eigenvalue weighted by molar-refractivity contribution is 4.30. The maximum Gasteiger partial charge on any atom is 0.0587 e. The molecule has 0 spiro atoms. The maximum absolute atomic E-state index is 4.72. The Labute approximate surface area is 40.0 Å². The van der Waals surface area contributed by atoms with Gasteiger partial charge in [0.2, 0.25) is 0 Å². The molecule has 0 aliphatic heterocycles. The molecule has 0 aromatic heterocycles. The fourth-order valence-electron chi connectivity index (χ4n) is 0.204. The molecule has 0 atom stereocenters. The summed E-state index contributed by atoms with van der Waals surface area (Å²) >= 11 is 0. The smallest absolute Gasteiger partial charge is 0.0587 e. The molecule has 2 nitrogen and oxygen atoms in total. The van der Waals surface area contributed by atoms with E-state index in [4.69, 9.17) is 4.74 Å². The molecule has 6 heavy (non-hydrogen) atoms. The fourth-order valence-corrected chi connectivity index (χ4v) is 0.204. The first-order valence-electron chi connectivity index (χ1n) is 2.05. The Kier molecular flexibility index (Phi) is 4.85. The Hall–Kier alpha value is -0.0800. The standard InChI is InChI=1S/C4H11NO.H2/c1-5-3-4-6-2;/h5H,3-4H2,1-2H3;1H. The van der Waals surface area contributed by atoms with E-state index in [2.05, 4.69) is 5.32 Å². The number of methoxy groups -OCH3 is 1. The van der Waals surface area contributed by atoms with Crippen molar-refractivity contribution >= 4 is 0 Å². The van der Waals surface area contributed by atoms with Crippen molar-refractivity contribution in [2.75, 3.05) is 27.3 Å². The first-order valence-corrected chi connectivity index (χ1v) is 2.05. The second kappa shape index (κ2) is 4.92. The molecular formula is C4H13NO. The molecule has 0 unspecified atom stereocenters. The minimum absolute atomic E-state index is 0. The zero-order chi connectivity index (χ0) is 4.83. The lowest BCUT2D eigenvalue weighted by atomic mass is 10.7. The van der Waals surface area contributed by atoms with E-state index in [-0.39, 0.29) is 1.43 Å². The molecule has 0 saturated heterocycles. The van der Waals surface area contributed by atoms with E-state index in [0.29, 0.717) is 0 Å². The molecule has 0 aromatic carbocycles. The highest BCUT2D eigenvalue weighted by Crippen LogP contribution is 1.57. The van der Waals surface area contributed by atoms with Crippen molar-refractivity contribution < 1.29 is 6.16 Å². The van der Waals surface area contributed by atoms with Crippen molar-refractivity contribution in [1.29, 1.82) is 0 Å². The van der Waals surface area contributed by atoms with E-state index >= 15 is 0 Å². The minimum Gasteiger partial charge on any atom is -0.383 e. The van der Waals surface area contributed by atoms with E-state index in [9.17, 15) is 0 Å². The van der Waals surface area contributed by atoms with E-state index in [1.807, 2.05) is 7.05 Å². The van der Waals surface area contributed by atoms with Crippen LogP contribution in [0.25, 0.3) is 0 Å². The molecule has 0 rings (SSSR count). The Morgan fingerprint density at radius 2 is 2.50 bits per heavy atom. The summed E-state index contributed by atoms with van der Waals surface area (Å²) in [6.45, 7) is 1.74. The Morgan fingerprint density at radius 1 is 1.83 bits per heavy atom. The van der Waals surface area contributed by atoms with Crippen molar-refractivity contribution in [3.63, 3.8) is 0 Å². The highest BCUT2D eigenvalue weighted by atomic mass is 16.5. The number of ether oxygens (including phenoxy) is 1. The molecular weight excluding hydrogens is 78.0 g/mol. The molecule has 0 amide bonds. The molecule has 0 aromatic rings. The zero-order valence-electron chi connectivity index (χ0n) is 4.32. The summed E-state index contributed by atoms with van der Waals surface area (Å²) in [5.41, 5.74) is 0. The Balaban J connectivity index is 0. The monoisotopic (exact) mass is 91.1 g/mol. The van der Waals surface area contributed by atoms with Gasteiger partial charge in [0.15, 0.2) is 0 Å². The quantitative estimate of drug-likeness (QED) is 0.497. The predicted octanol–water partition coefficient (Wildman–Crippen LogP) is 0.0982. The molecule has 0 aliphatic rings. The topological polar surface area (TPSA) is 21.3 Å². The molecule has 40 valence electrons. The Bertz CT molecular complexity index is 23.7. The number of hydrogen-bond donors (Lipinski definition) is 1. The number of rotatable bonds is 3. The van der Waals surface area contributed by atoms with Crippen molar-refractivity contribution in [3.05, 3.63) is 0 Å². The van der Waals surface area contributed by atoms with Crippen LogP contribution in [0.15, 0.2) is 0 Å². The lowest BCUT2D eigenvalue weighted by Crippen LogP contribution is -2.12. The van der Waals surface area contributed by atoms with Crippen LogP contribution in [-0.4, -0.2) is 27.3 Å². The third-order valence-corrected chi connectivity index (χ3v) is 0.556. The van der Waals surface area contributed by atoms with Gasteiger partial charge in [-0.3, -0.25) is 0 Å². The number of hydrogen-bond acceptors (Lipinski definition) is 2. The first-order chi connectivity index (χ1) is 2.91. The van der Waals surface area contributed by atoms with Gasteiger partial charge in [-0.05, 0) is 7.05 Å². The summed E-state index contributed by atoms with van der Waals surface area (Å²) < 4.78 is 4.72. The zero-order valence-corrected chi connectivity index (χ0v) is 4.32. The normalized spacial score (nSPS) is 9.00. The van der Waals surface area contributed by atoms with Gasteiger partial charge in [-0.2, -0.15) is 0 Å². The first kappa shape index (κ1) is 5.92. The van der Waals surface area contributed by atoms with Crippen LogP contribution < -0.4 is 5.32 Å². The van der Waals surface area contributed by atoms with Gasteiger partial charge in [-0.25, -0.2) is 0 Å². The predicted molar refractivity (Wildman–Crippen MR) is 27.9 cm³/mol. The van der Waals surface area contributed by atoms with Gasteiger partial charge < -0.3 is 10.1 Å². The molecule has 0 saturated carbocycles. The van der Waals surface area contributed by atoms with Crippen molar-refractivity contribution in [3.8, 4) is 0 Å². The second-order valence-corrected chi connectivity index (χ2v) is 1.10. The summed E-state index contributed by atoms with van der Waals surface area (Å²) in [5, 5.41) is 2.94. The van der Waals surface area contributed by atoms with E-state index in [1.165, 1.54) is 0 Å². The average Bonchev–Trinajstić information content (AvgIpc) is 1.61. The second-order valence-electron chi connectivity index (χ2n) is 1.10. The van der Waals surface area contributed by atoms with E-state index in [0.717, 1.165) is 13.2 Å². The van der Waals surface area contributed by atoms with Gasteiger partial charge in [0.25, 0.3) is 0 Å². The van der Waals surface area contributed by atoms with Crippen LogP contribution in [0.3, 0.4) is 0 Å². The summed E-state index contributed by atoms with van der Waals surface area (Å²) in [5.74, 6) is 0. The van der Waals surface area contributed by atoms with Gasteiger partial charge in [0, 0.05) is 15.1 Å². The molecule has 0 bridgehead atoms. The van der Waals surface area contributed by atoms with Crippen LogP contribution in [-0.2, 0) is 4.74 Å². The van der Waals surface area contributed by atoms with Crippen LogP contribution >= 0.6 is 0 Å². The summed E-state index contributed by atoms with van der Waals surface area (Å²) in [6, 6.07) is 0. The maximum atomic E-state index is 4.72. The highest BCUT2D eigenvalue weighted by Gasteiger charge is 1.72. The molecule has 0 fully saturated rings. The van der Waals surface area contributed by atoms with E-state index < -0.39 is 0 Å². The van der Waals surface area contributed by atoms with Gasteiger partial charge in [0.05, 0.1) is 6.61 Å². The average molecular weight is 91.2 g/mol. The minimum atomic E-state index is 0. The van der Waals surface area contributed by atoms with Crippen LogP contribution in [0.2, 0.25) is 0 Å². The van der Waals surface area contributed by atoms with Crippen molar-refractivity contribution in [2.45, 2.75) is 0 Å². The summed E-state index contributed by atoms with van der Waals surface area (Å²) in [7, 11) is 3.59. The summed E-state index contributed by atoms with van der Waals surface area (Å²) in [4.78, 5) is 0. The van der Waals surface area contributed by atoms with Crippen LogP contribution in [0.1, 0.15) is 1.43 Å². The van der Waals surface area contributed by atoms with Crippen LogP contribution in [0.5, 0.6) is 0 Å². The third kappa shape index (κ3) is 3.92. The van der Waals surface area contributed by atoms with Gasteiger partial charge in [0.1, 0.15) is 0 Å². The lowest BCUT2D eigenvalue weighted by molar-refractivity contribution is 0.201. The number of likely N-dealkylation sites (N-methyl/N-ethyl adjacent to an activating group) is 1. The lowest BCUT2D eigenvalue weighted by Gasteiger charge is -1.92. The van der Waals surface area contributed by atoms with Crippen LogP contribution in [0.4, 0.5) is 0 Å². The molecule has 0 radical (unpaired) electrons. The van der Waals surface area contributed by atoms with Gasteiger partial charge >= 0.3 is 0 Å². The largest absolute Gasteiger partial charge is 0.383 e. The van der Waals surface area contributed by atoms with Gasteiger partial charge in [-0.15, -0.1) is 0 Å². The third-order valence-electron chi connectivity index (χ3n) is 0.556. The number of nitrogens with one attached hydrogen (secondary N) is 1. The fraction of sp³-hybridized carbons (Fsp3) is 1.00. The van der Waals surface area contributed by atoms with Crippen molar-refractivity contribution in [2.24, 2.45) is 0 Å². The summed E-state index contributed by atoms with van der Waals surface area (Å²) in [6.07, 6.45) is 0. The molecule has 1 N–H and O–H groups in total. The molecule has 2 heteroatoms.